The van der Waals surface area contributed by atoms with E-state index in [-0.39, 0.29) is 49.5 Å². The van der Waals surface area contributed by atoms with E-state index in [1.807, 2.05) is 56.4 Å². The maximum Gasteiger partial charge on any atom is 0.246 e. The molecule has 0 saturated heterocycles. The molecule has 1 aliphatic rings. The van der Waals surface area contributed by atoms with Gasteiger partial charge >= 0.3 is 0 Å². The Labute approximate surface area is 262 Å². The van der Waals surface area contributed by atoms with E-state index in [0.717, 1.165) is 17.1 Å². The molecule has 12 heteroatoms. The van der Waals surface area contributed by atoms with Gasteiger partial charge in [-0.15, -0.1) is 5.10 Å². The van der Waals surface area contributed by atoms with Gasteiger partial charge in [0.1, 0.15) is 36.2 Å². The maximum absolute atomic E-state index is 13.5. The van der Waals surface area contributed by atoms with Crippen LogP contribution in [0.1, 0.15) is 25.0 Å². The van der Waals surface area contributed by atoms with Gasteiger partial charge in [-0.3, -0.25) is 14.5 Å². The number of hydrogen-bond acceptors (Lipinski definition) is 9. The number of aliphatic hydroxyl groups excluding tert-OH is 1. The molecule has 2 N–H and O–H groups in total. The second kappa shape index (κ2) is 14.8. The number of amides is 2. The molecular weight excluding hydrogens is 574 g/mol. The average molecular weight is 614 g/mol. The predicted octanol–water partition coefficient (Wildman–Crippen LogP) is 3.39. The van der Waals surface area contributed by atoms with Crippen LogP contribution >= 0.6 is 0 Å². The number of carbonyl (C=O) groups is 2. The number of ether oxygens (including phenoxy) is 2. The van der Waals surface area contributed by atoms with Crippen LogP contribution in [0.15, 0.2) is 79.1 Å². The first kappa shape index (κ1) is 31.6. The summed E-state index contributed by atoms with van der Waals surface area (Å²) in [6.45, 7) is 5.44. The van der Waals surface area contributed by atoms with Gasteiger partial charge in [0.15, 0.2) is 0 Å². The van der Waals surface area contributed by atoms with Crippen LogP contribution in [0.4, 0.5) is 5.69 Å². The lowest BCUT2D eigenvalue weighted by Crippen LogP contribution is -2.47. The Morgan fingerprint density at radius 1 is 1.13 bits per heavy atom. The van der Waals surface area contributed by atoms with Crippen molar-refractivity contribution in [3.05, 3.63) is 90.3 Å². The third-order valence-corrected chi connectivity index (χ3v) is 7.74. The van der Waals surface area contributed by atoms with Crippen molar-refractivity contribution in [3.8, 4) is 17.2 Å². The van der Waals surface area contributed by atoms with Gasteiger partial charge in [-0.1, -0.05) is 37.3 Å². The summed E-state index contributed by atoms with van der Waals surface area (Å²) in [4.78, 5) is 30.0. The average Bonchev–Trinajstić information content (AvgIpc) is 3.55. The van der Waals surface area contributed by atoms with Gasteiger partial charge in [0.05, 0.1) is 19.1 Å². The lowest BCUT2D eigenvalue weighted by atomic mass is 10.0. The van der Waals surface area contributed by atoms with E-state index < -0.39 is 0 Å². The Morgan fingerprint density at radius 2 is 1.89 bits per heavy atom. The van der Waals surface area contributed by atoms with Crippen LogP contribution in [-0.2, 0) is 29.1 Å². The molecule has 5 rings (SSSR count). The molecule has 1 aliphatic heterocycles. The molecule has 3 atom stereocenters. The summed E-state index contributed by atoms with van der Waals surface area (Å²) in [6.07, 6.45) is 1.18. The van der Waals surface area contributed by atoms with Crippen LogP contribution in [0.3, 0.4) is 0 Å². The Bertz CT molecular complexity index is 1550. The van der Waals surface area contributed by atoms with Gasteiger partial charge in [0.2, 0.25) is 11.8 Å². The fourth-order valence-electron chi connectivity index (χ4n) is 5.30. The molecule has 1 aromatic heterocycles. The van der Waals surface area contributed by atoms with Gasteiger partial charge in [-0.2, -0.15) is 0 Å². The standard InChI is InChI=1S/C33H39N7O5/c1-23-17-40(24(2)21-41)33(43)16-26-15-27(35-32(42)20-39-22-34-36-37-39)11-14-30(26)45-31(23)19-38(3)18-25-9-12-29(13-10-25)44-28-7-5-4-6-8-28/h4-15,22-24,31,41H,16-21H2,1-3H3,(H,35,42)/t23-,24-,31-/m1/s1. The first-order valence-corrected chi connectivity index (χ1v) is 15.0. The van der Waals surface area contributed by atoms with Crippen molar-refractivity contribution < 1.29 is 24.2 Å². The first-order valence-electron chi connectivity index (χ1n) is 15.0. The van der Waals surface area contributed by atoms with Crippen LogP contribution in [0.25, 0.3) is 0 Å². The highest BCUT2D eigenvalue weighted by Gasteiger charge is 2.31. The molecule has 2 amide bonds. The normalized spacial score (nSPS) is 17.4. The molecule has 12 nitrogen and oxygen atoms in total. The molecule has 2 heterocycles. The minimum absolute atomic E-state index is 0.0336. The number of tetrazole rings is 1. The maximum atomic E-state index is 13.5. The molecule has 0 bridgehead atoms. The Balaban J connectivity index is 1.30. The summed E-state index contributed by atoms with van der Waals surface area (Å²) in [5.74, 6) is 1.70. The lowest BCUT2D eigenvalue weighted by molar-refractivity contribution is -0.134. The topological polar surface area (TPSA) is 135 Å². The number of aliphatic hydroxyl groups is 1. The highest BCUT2D eigenvalue weighted by Crippen LogP contribution is 2.29. The molecule has 0 unspecified atom stereocenters. The monoisotopic (exact) mass is 613 g/mol. The van der Waals surface area contributed by atoms with Crippen molar-refractivity contribution in [2.45, 2.75) is 45.5 Å². The molecule has 0 aliphatic carbocycles. The third-order valence-electron chi connectivity index (χ3n) is 7.74. The number of rotatable bonds is 11. The highest BCUT2D eigenvalue weighted by atomic mass is 16.5. The Morgan fingerprint density at radius 3 is 2.60 bits per heavy atom. The van der Waals surface area contributed by atoms with Crippen LogP contribution in [-0.4, -0.2) is 85.8 Å². The second-order valence-corrected chi connectivity index (χ2v) is 11.5. The van der Waals surface area contributed by atoms with Crippen molar-refractivity contribution in [2.24, 2.45) is 5.92 Å². The van der Waals surface area contributed by atoms with Crippen LogP contribution in [0.2, 0.25) is 0 Å². The second-order valence-electron chi connectivity index (χ2n) is 11.5. The van der Waals surface area contributed by atoms with Crippen molar-refractivity contribution in [1.82, 2.24) is 30.0 Å². The summed E-state index contributed by atoms with van der Waals surface area (Å²) >= 11 is 0. The molecule has 236 valence electrons. The van der Waals surface area contributed by atoms with Crippen molar-refractivity contribution in [3.63, 3.8) is 0 Å². The van der Waals surface area contributed by atoms with Crippen LogP contribution < -0.4 is 14.8 Å². The van der Waals surface area contributed by atoms with Gasteiger partial charge in [-0.05, 0) is 72.4 Å². The lowest BCUT2D eigenvalue weighted by Gasteiger charge is -2.34. The van der Waals surface area contributed by atoms with E-state index in [2.05, 4.69) is 44.8 Å². The predicted molar refractivity (Wildman–Crippen MR) is 168 cm³/mol. The number of aromatic nitrogens is 4. The molecule has 0 fully saturated rings. The van der Waals surface area contributed by atoms with E-state index in [0.29, 0.717) is 36.6 Å². The molecular formula is C33H39N7O5. The molecule has 0 spiro atoms. The zero-order valence-corrected chi connectivity index (χ0v) is 25.7. The minimum Gasteiger partial charge on any atom is -0.488 e. The SMILES string of the molecule is C[C@@H]1CN([C@H](C)CO)C(=O)Cc2cc(NC(=O)Cn3cnnn3)ccc2O[C@@H]1CN(C)Cc1ccc(Oc2ccccc2)cc1. The summed E-state index contributed by atoms with van der Waals surface area (Å²) in [5, 5.41) is 23.6. The molecule has 4 aromatic rings. The fourth-order valence-corrected chi connectivity index (χ4v) is 5.30. The van der Waals surface area contributed by atoms with E-state index >= 15 is 0 Å². The van der Waals surface area contributed by atoms with Gasteiger partial charge < -0.3 is 24.8 Å². The zero-order valence-electron chi connectivity index (χ0n) is 25.7. The summed E-state index contributed by atoms with van der Waals surface area (Å²) in [7, 11) is 2.04. The third kappa shape index (κ3) is 8.64. The number of carbonyl (C=O) groups excluding carboxylic acids is 2. The number of likely N-dealkylation sites (N-methyl/N-ethyl adjacent to an activating group) is 1. The summed E-state index contributed by atoms with van der Waals surface area (Å²) < 4.78 is 13.9. The minimum atomic E-state index is -0.351. The fraction of sp³-hybridized carbons (Fsp3) is 0.364. The smallest absolute Gasteiger partial charge is 0.246 e. The summed E-state index contributed by atoms with van der Waals surface area (Å²) in [6, 6.07) is 22.7. The number of nitrogens with zero attached hydrogens (tertiary/aromatic N) is 6. The van der Waals surface area contributed by atoms with E-state index in [1.165, 1.54) is 11.0 Å². The largest absolute Gasteiger partial charge is 0.488 e. The highest BCUT2D eigenvalue weighted by molar-refractivity contribution is 5.91. The van der Waals surface area contributed by atoms with Gasteiger partial charge in [0, 0.05) is 36.8 Å². The van der Waals surface area contributed by atoms with Gasteiger partial charge in [-0.25, -0.2) is 4.68 Å². The molecule has 3 aromatic carbocycles. The number of para-hydroxylation sites is 1. The van der Waals surface area contributed by atoms with Gasteiger partial charge in [0.25, 0.3) is 0 Å². The molecule has 0 saturated carbocycles. The van der Waals surface area contributed by atoms with Crippen molar-refractivity contribution >= 4 is 17.5 Å². The van der Waals surface area contributed by atoms with E-state index in [9.17, 15) is 14.7 Å². The van der Waals surface area contributed by atoms with Crippen LogP contribution in [0, 0.1) is 5.92 Å². The quantitative estimate of drug-likeness (QED) is 0.261. The Hall–Kier alpha value is -4.81. The van der Waals surface area contributed by atoms with Crippen molar-refractivity contribution in [2.75, 3.05) is 32.1 Å². The van der Waals surface area contributed by atoms with E-state index in [1.54, 1.807) is 23.1 Å². The van der Waals surface area contributed by atoms with E-state index in [4.69, 9.17) is 9.47 Å². The first-order chi connectivity index (χ1) is 21.8. The number of anilines is 1. The number of benzene rings is 3. The van der Waals surface area contributed by atoms with Crippen molar-refractivity contribution in [1.29, 1.82) is 0 Å². The Kier molecular flexibility index (Phi) is 10.4. The number of hydrogen-bond donors (Lipinski definition) is 2. The molecule has 45 heavy (non-hydrogen) atoms. The zero-order chi connectivity index (χ0) is 31.8. The van der Waals surface area contributed by atoms with Crippen LogP contribution in [0.5, 0.6) is 17.2 Å². The molecule has 0 radical (unpaired) electrons. The summed E-state index contributed by atoms with van der Waals surface area (Å²) in [5.41, 5.74) is 2.32. The number of fused-ring (bicyclic) bond motifs is 1. The number of nitrogens with one attached hydrogen (secondary N) is 1.